The first-order valence-electron chi connectivity index (χ1n) is 4.16. The quantitative estimate of drug-likeness (QED) is 0.807. The summed E-state index contributed by atoms with van der Waals surface area (Å²) >= 11 is 0. The molecule has 0 aliphatic carbocycles. The lowest BCUT2D eigenvalue weighted by molar-refractivity contribution is -0.255. The van der Waals surface area contributed by atoms with E-state index in [2.05, 4.69) is 0 Å². The first kappa shape index (κ1) is 14.1. The fourth-order valence-electron chi connectivity index (χ4n) is 1.26. The standard InChI is InChI=1S/C10H12O5.H3N/c1-13-7-5-4-6(10(11)12)8(14-2)9(7)15-3;/h4-5H,1-3H3,(H,11,12);1H3. The van der Waals surface area contributed by atoms with Gasteiger partial charge < -0.3 is 30.3 Å². The zero-order valence-electron chi connectivity index (χ0n) is 9.70. The van der Waals surface area contributed by atoms with Gasteiger partial charge in [-0.1, -0.05) is 0 Å². The fraction of sp³-hybridized carbons (Fsp3) is 0.300. The van der Waals surface area contributed by atoms with Crippen molar-refractivity contribution in [2.75, 3.05) is 21.3 Å². The molecular weight excluding hydrogens is 214 g/mol. The second-order valence-corrected chi connectivity index (χ2v) is 2.67. The zero-order chi connectivity index (χ0) is 11.4. The van der Waals surface area contributed by atoms with Crippen molar-refractivity contribution >= 4 is 5.97 Å². The third-order valence-electron chi connectivity index (χ3n) is 1.92. The minimum absolute atomic E-state index is 0. The van der Waals surface area contributed by atoms with E-state index in [0.29, 0.717) is 5.75 Å². The minimum Gasteiger partial charge on any atom is -0.545 e. The molecule has 0 amide bonds. The van der Waals surface area contributed by atoms with Gasteiger partial charge in [0.05, 0.1) is 27.3 Å². The van der Waals surface area contributed by atoms with Crippen LogP contribution in [0.2, 0.25) is 0 Å². The smallest absolute Gasteiger partial charge is 0.203 e. The van der Waals surface area contributed by atoms with Gasteiger partial charge in [0.15, 0.2) is 11.5 Å². The molecule has 1 aromatic rings. The van der Waals surface area contributed by atoms with Crippen molar-refractivity contribution in [2.24, 2.45) is 0 Å². The highest BCUT2D eigenvalue weighted by Gasteiger charge is 2.15. The number of methoxy groups -OCH3 is 3. The summed E-state index contributed by atoms with van der Waals surface area (Å²) in [4.78, 5) is 10.8. The highest BCUT2D eigenvalue weighted by atomic mass is 16.5. The average molecular weight is 229 g/mol. The summed E-state index contributed by atoms with van der Waals surface area (Å²) in [5, 5.41) is 10.8. The van der Waals surface area contributed by atoms with Crippen LogP contribution < -0.4 is 25.5 Å². The van der Waals surface area contributed by atoms with Gasteiger partial charge in [-0.15, -0.1) is 0 Å². The van der Waals surface area contributed by atoms with Gasteiger partial charge in [0, 0.05) is 5.56 Å². The second-order valence-electron chi connectivity index (χ2n) is 2.67. The molecule has 0 saturated heterocycles. The minimum atomic E-state index is -1.33. The van der Waals surface area contributed by atoms with E-state index in [9.17, 15) is 9.90 Å². The molecule has 90 valence electrons. The van der Waals surface area contributed by atoms with Crippen LogP contribution in [-0.2, 0) is 0 Å². The zero-order valence-corrected chi connectivity index (χ0v) is 9.70. The first-order valence-corrected chi connectivity index (χ1v) is 4.16. The Kier molecular flexibility index (Phi) is 5.11. The van der Waals surface area contributed by atoms with E-state index in [1.165, 1.54) is 33.5 Å². The predicted octanol–water partition coefficient (Wildman–Crippen LogP) is 0.452. The fourth-order valence-corrected chi connectivity index (χ4v) is 1.26. The molecule has 0 fully saturated rings. The number of carboxylic acids is 1. The van der Waals surface area contributed by atoms with E-state index in [1.54, 1.807) is 0 Å². The Morgan fingerprint density at radius 1 is 1.06 bits per heavy atom. The lowest BCUT2D eigenvalue weighted by Crippen LogP contribution is -2.23. The first-order chi connectivity index (χ1) is 7.15. The lowest BCUT2D eigenvalue weighted by atomic mass is 10.1. The predicted molar refractivity (Wildman–Crippen MR) is 56.4 cm³/mol. The number of carboxylic acid groups (broad SMARTS) is 1. The van der Waals surface area contributed by atoms with Crippen LogP contribution in [0.4, 0.5) is 0 Å². The number of rotatable bonds is 4. The van der Waals surface area contributed by atoms with Crippen LogP contribution in [-0.4, -0.2) is 27.3 Å². The van der Waals surface area contributed by atoms with Crippen LogP contribution in [0.15, 0.2) is 12.1 Å². The molecule has 1 aromatic carbocycles. The maximum Gasteiger partial charge on any atom is 0.203 e. The SMILES string of the molecule is COc1ccc(C(=O)[O-])c(OC)c1OC.[NH4+]. The molecule has 0 bridgehead atoms. The molecule has 0 heterocycles. The Bertz CT molecular complexity index is 378. The Morgan fingerprint density at radius 3 is 2.00 bits per heavy atom. The van der Waals surface area contributed by atoms with Crippen molar-refractivity contribution in [1.29, 1.82) is 0 Å². The Hall–Kier alpha value is -1.95. The van der Waals surface area contributed by atoms with Crippen LogP contribution in [0.3, 0.4) is 0 Å². The van der Waals surface area contributed by atoms with Crippen molar-refractivity contribution in [3.63, 3.8) is 0 Å². The molecule has 16 heavy (non-hydrogen) atoms. The maximum atomic E-state index is 10.8. The molecule has 0 saturated carbocycles. The van der Waals surface area contributed by atoms with E-state index in [0.717, 1.165) is 0 Å². The van der Waals surface area contributed by atoms with Crippen molar-refractivity contribution in [2.45, 2.75) is 0 Å². The number of carbonyl (C=O) groups is 1. The summed E-state index contributed by atoms with van der Waals surface area (Å²) in [6.45, 7) is 0. The molecule has 0 radical (unpaired) electrons. The third kappa shape index (κ3) is 2.34. The summed E-state index contributed by atoms with van der Waals surface area (Å²) in [6.07, 6.45) is 0. The monoisotopic (exact) mass is 229 g/mol. The van der Waals surface area contributed by atoms with Gasteiger partial charge >= 0.3 is 0 Å². The topological polar surface area (TPSA) is 104 Å². The van der Waals surface area contributed by atoms with Crippen LogP contribution in [0, 0.1) is 0 Å². The second kappa shape index (κ2) is 5.82. The number of hydrogen-bond donors (Lipinski definition) is 1. The van der Waals surface area contributed by atoms with E-state index in [-0.39, 0.29) is 23.2 Å². The maximum absolute atomic E-state index is 10.8. The molecule has 1 rings (SSSR count). The molecule has 0 spiro atoms. The van der Waals surface area contributed by atoms with Crippen LogP contribution in [0.5, 0.6) is 17.2 Å². The average Bonchev–Trinajstić information content (AvgIpc) is 2.26. The van der Waals surface area contributed by atoms with Crippen LogP contribution >= 0.6 is 0 Å². The molecule has 0 aliphatic heterocycles. The van der Waals surface area contributed by atoms with Gasteiger partial charge in [0.2, 0.25) is 5.75 Å². The van der Waals surface area contributed by atoms with Gasteiger partial charge in [0.1, 0.15) is 0 Å². The summed E-state index contributed by atoms with van der Waals surface area (Å²) in [5.41, 5.74) is -0.0739. The van der Waals surface area contributed by atoms with Crippen LogP contribution in [0.1, 0.15) is 10.4 Å². The highest BCUT2D eigenvalue weighted by molar-refractivity contribution is 5.91. The van der Waals surface area contributed by atoms with Gasteiger partial charge in [-0.2, -0.15) is 0 Å². The van der Waals surface area contributed by atoms with Crippen molar-refractivity contribution in [3.05, 3.63) is 17.7 Å². The Labute approximate surface area is 93.3 Å². The number of hydrogen-bond acceptors (Lipinski definition) is 5. The van der Waals surface area contributed by atoms with Gasteiger partial charge in [-0.3, -0.25) is 0 Å². The summed E-state index contributed by atoms with van der Waals surface area (Å²) in [5.74, 6) is -0.592. The van der Waals surface area contributed by atoms with Crippen molar-refractivity contribution < 1.29 is 24.1 Å². The highest BCUT2D eigenvalue weighted by Crippen LogP contribution is 2.39. The molecule has 6 nitrogen and oxygen atoms in total. The van der Waals surface area contributed by atoms with E-state index < -0.39 is 5.97 Å². The molecule has 6 heteroatoms. The lowest BCUT2D eigenvalue weighted by Gasteiger charge is -2.15. The molecule has 0 unspecified atom stereocenters. The van der Waals surface area contributed by atoms with Gasteiger partial charge in [-0.05, 0) is 12.1 Å². The van der Waals surface area contributed by atoms with E-state index in [1.807, 2.05) is 0 Å². The third-order valence-corrected chi connectivity index (χ3v) is 1.92. The number of aromatic carboxylic acids is 1. The number of ether oxygens (including phenoxy) is 3. The Morgan fingerprint density at radius 2 is 1.62 bits per heavy atom. The van der Waals surface area contributed by atoms with Crippen molar-refractivity contribution in [1.82, 2.24) is 6.15 Å². The summed E-state index contributed by atoms with van der Waals surface area (Å²) in [6, 6.07) is 2.82. The summed E-state index contributed by atoms with van der Waals surface area (Å²) < 4.78 is 14.9. The number of carbonyl (C=O) groups excluding carboxylic acids is 1. The molecule has 4 N–H and O–H groups in total. The molecule has 0 aromatic heterocycles. The van der Waals surface area contributed by atoms with Gasteiger partial charge in [0.25, 0.3) is 0 Å². The molecular formula is C10H15NO5. The largest absolute Gasteiger partial charge is 0.545 e. The van der Waals surface area contributed by atoms with E-state index in [4.69, 9.17) is 14.2 Å². The molecule has 0 atom stereocenters. The van der Waals surface area contributed by atoms with Gasteiger partial charge in [-0.25, -0.2) is 0 Å². The normalized spacial score (nSPS) is 8.94. The number of quaternary nitrogens is 1. The van der Waals surface area contributed by atoms with Crippen molar-refractivity contribution in [3.8, 4) is 17.2 Å². The Balaban J connectivity index is 0.00000225. The van der Waals surface area contributed by atoms with E-state index >= 15 is 0 Å². The summed E-state index contributed by atoms with van der Waals surface area (Å²) in [7, 11) is 4.21. The molecule has 0 aliphatic rings. The van der Waals surface area contributed by atoms with Crippen LogP contribution in [0.25, 0.3) is 0 Å². The number of benzene rings is 1.